The van der Waals surface area contributed by atoms with Crippen molar-refractivity contribution in [3.63, 3.8) is 0 Å². The number of para-hydroxylation sites is 1. The molecule has 3 heterocycles. The number of nitrogens with one attached hydrogen (secondary N) is 1. The summed E-state index contributed by atoms with van der Waals surface area (Å²) in [5.74, 6) is 1.62. The monoisotopic (exact) mass is 434 g/mol. The highest BCUT2D eigenvalue weighted by atomic mass is 19.4. The van der Waals surface area contributed by atoms with Gasteiger partial charge in [-0.3, -0.25) is 0 Å². The molecule has 0 bridgehead atoms. The number of nitrogens with zero attached hydrogens (tertiary/aromatic N) is 5. The number of aromatic nitrogens is 2. The Balaban J connectivity index is 1.33. The summed E-state index contributed by atoms with van der Waals surface area (Å²) in [7, 11) is 0. The van der Waals surface area contributed by atoms with E-state index in [1.165, 1.54) is 42.4 Å². The first-order chi connectivity index (χ1) is 14.9. The minimum Gasteiger partial charge on any atom is -0.355 e. The summed E-state index contributed by atoms with van der Waals surface area (Å²) in [4.78, 5) is 18.3. The Bertz CT molecular complexity index is 891. The molecule has 0 saturated carbocycles. The Morgan fingerprint density at radius 3 is 1.97 bits per heavy atom. The van der Waals surface area contributed by atoms with E-state index in [2.05, 4.69) is 20.4 Å². The Kier molecular flexibility index (Phi) is 6.15. The minimum atomic E-state index is -4.53. The van der Waals surface area contributed by atoms with Gasteiger partial charge in [-0.1, -0.05) is 12.1 Å². The average Bonchev–Trinajstić information content (AvgIpc) is 2.79. The molecule has 2 aliphatic rings. The molecule has 2 amide bonds. The maximum Gasteiger partial charge on any atom is 0.418 e. The Hall–Kier alpha value is -3.04. The Morgan fingerprint density at radius 1 is 0.806 bits per heavy atom. The molecule has 1 aromatic carbocycles. The zero-order valence-electron chi connectivity index (χ0n) is 17.1. The number of benzene rings is 1. The van der Waals surface area contributed by atoms with Crippen LogP contribution in [0.1, 0.15) is 24.8 Å². The smallest absolute Gasteiger partial charge is 0.355 e. The fourth-order valence-electron chi connectivity index (χ4n) is 3.95. The molecule has 166 valence electrons. The van der Waals surface area contributed by atoms with Gasteiger partial charge in [-0.25, -0.2) is 4.79 Å². The first-order valence-electron chi connectivity index (χ1n) is 10.5. The molecule has 4 rings (SSSR count). The number of halogens is 3. The van der Waals surface area contributed by atoms with E-state index in [1.807, 2.05) is 17.0 Å². The van der Waals surface area contributed by atoms with Crippen LogP contribution < -0.4 is 15.1 Å². The van der Waals surface area contributed by atoms with E-state index in [0.29, 0.717) is 26.2 Å². The normalized spacial score (nSPS) is 17.6. The van der Waals surface area contributed by atoms with E-state index < -0.39 is 17.8 Å². The Morgan fingerprint density at radius 2 is 1.39 bits per heavy atom. The van der Waals surface area contributed by atoms with Crippen LogP contribution in [0.15, 0.2) is 36.4 Å². The van der Waals surface area contributed by atoms with Crippen molar-refractivity contribution in [2.24, 2.45) is 0 Å². The quantitative estimate of drug-likeness (QED) is 0.795. The van der Waals surface area contributed by atoms with Gasteiger partial charge in [0.1, 0.15) is 0 Å². The highest BCUT2D eigenvalue weighted by Crippen LogP contribution is 2.34. The zero-order chi connectivity index (χ0) is 21.8. The largest absolute Gasteiger partial charge is 0.418 e. The number of amides is 2. The van der Waals surface area contributed by atoms with Gasteiger partial charge < -0.3 is 20.0 Å². The van der Waals surface area contributed by atoms with Gasteiger partial charge in [0.15, 0.2) is 11.6 Å². The molecule has 10 heteroatoms. The molecule has 0 unspecified atom stereocenters. The van der Waals surface area contributed by atoms with Crippen LogP contribution in [-0.4, -0.2) is 60.4 Å². The second kappa shape index (κ2) is 8.99. The van der Waals surface area contributed by atoms with E-state index in [0.717, 1.165) is 30.8 Å². The van der Waals surface area contributed by atoms with Gasteiger partial charge in [0.05, 0.1) is 11.3 Å². The first-order valence-corrected chi connectivity index (χ1v) is 10.5. The number of hydrogen-bond donors (Lipinski definition) is 1. The zero-order valence-corrected chi connectivity index (χ0v) is 17.1. The second-order valence-electron chi connectivity index (χ2n) is 7.75. The number of carbonyl (C=O) groups is 1. The van der Waals surface area contributed by atoms with Crippen LogP contribution in [0, 0.1) is 0 Å². The molecule has 7 nitrogen and oxygen atoms in total. The third-order valence-corrected chi connectivity index (χ3v) is 5.68. The van der Waals surface area contributed by atoms with Crippen LogP contribution in [0.2, 0.25) is 0 Å². The molecule has 2 fully saturated rings. The van der Waals surface area contributed by atoms with Gasteiger partial charge in [0.2, 0.25) is 0 Å². The molecule has 0 aliphatic carbocycles. The van der Waals surface area contributed by atoms with Crippen molar-refractivity contribution in [1.82, 2.24) is 15.1 Å². The fourth-order valence-corrected chi connectivity index (χ4v) is 3.95. The molecular formula is C21H25F3N6O. The van der Waals surface area contributed by atoms with E-state index in [4.69, 9.17) is 0 Å². The van der Waals surface area contributed by atoms with Crippen LogP contribution in [0.4, 0.5) is 35.3 Å². The molecule has 1 aromatic heterocycles. The number of anilines is 3. The van der Waals surface area contributed by atoms with Crippen molar-refractivity contribution in [3.8, 4) is 0 Å². The summed E-state index contributed by atoms with van der Waals surface area (Å²) >= 11 is 0. The molecule has 2 aromatic rings. The van der Waals surface area contributed by atoms with Crippen LogP contribution in [-0.2, 0) is 6.18 Å². The third-order valence-electron chi connectivity index (χ3n) is 5.68. The van der Waals surface area contributed by atoms with Crippen LogP contribution >= 0.6 is 0 Å². The summed E-state index contributed by atoms with van der Waals surface area (Å²) in [5.41, 5.74) is -1.09. The lowest BCUT2D eigenvalue weighted by atomic mass is 10.1. The molecule has 2 saturated heterocycles. The maximum absolute atomic E-state index is 13.1. The van der Waals surface area contributed by atoms with Crippen molar-refractivity contribution in [1.29, 1.82) is 0 Å². The highest BCUT2D eigenvalue weighted by molar-refractivity contribution is 5.90. The molecule has 0 spiro atoms. The van der Waals surface area contributed by atoms with Gasteiger partial charge in [-0.15, -0.1) is 10.2 Å². The number of carbonyl (C=O) groups excluding carboxylic acids is 1. The maximum atomic E-state index is 13.1. The minimum absolute atomic E-state index is 0.235. The topological polar surface area (TPSA) is 64.6 Å². The van der Waals surface area contributed by atoms with Crippen LogP contribution in [0.5, 0.6) is 0 Å². The predicted molar refractivity (Wildman–Crippen MR) is 112 cm³/mol. The molecule has 31 heavy (non-hydrogen) atoms. The summed E-state index contributed by atoms with van der Waals surface area (Å²) in [6.45, 7) is 3.84. The van der Waals surface area contributed by atoms with E-state index >= 15 is 0 Å². The lowest BCUT2D eigenvalue weighted by Crippen LogP contribution is -2.50. The molecule has 1 N–H and O–H groups in total. The number of rotatable bonds is 3. The van der Waals surface area contributed by atoms with Crippen molar-refractivity contribution in [2.75, 3.05) is 54.4 Å². The Labute approximate surface area is 178 Å². The highest BCUT2D eigenvalue weighted by Gasteiger charge is 2.34. The van der Waals surface area contributed by atoms with Gasteiger partial charge in [-0.2, -0.15) is 13.2 Å². The summed E-state index contributed by atoms with van der Waals surface area (Å²) in [6.07, 6.45) is -0.939. The van der Waals surface area contributed by atoms with E-state index in [-0.39, 0.29) is 5.69 Å². The van der Waals surface area contributed by atoms with E-state index in [9.17, 15) is 18.0 Å². The van der Waals surface area contributed by atoms with Gasteiger partial charge in [0, 0.05) is 39.3 Å². The molecular weight excluding hydrogens is 409 g/mol. The third kappa shape index (κ3) is 5.00. The SMILES string of the molecule is O=C(Nc1ccccc1C(F)(F)F)N1CCN(c2ccc(N3CCCCC3)nn2)CC1. The van der Waals surface area contributed by atoms with E-state index in [1.54, 1.807) is 0 Å². The van der Waals surface area contributed by atoms with Crippen LogP contribution in [0.25, 0.3) is 0 Å². The number of urea groups is 1. The first kappa shape index (κ1) is 21.2. The second-order valence-corrected chi connectivity index (χ2v) is 7.75. The van der Waals surface area contributed by atoms with Gasteiger partial charge in [-0.05, 0) is 43.5 Å². The van der Waals surface area contributed by atoms with Crippen molar-refractivity contribution in [3.05, 3.63) is 42.0 Å². The van der Waals surface area contributed by atoms with Crippen LogP contribution in [0.3, 0.4) is 0 Å². The summed E-state index contributed by atoms with van der Waals surface area (Å²) in [5, 5.41) is 11.1. The number of alkyl halides is 3. The summed E-state index contributed by atoms with van der Waals surface area (Å²) in [6, 6.07) is 8.36. The summed E-state index contributed by atoms with van der Waals surface area (Å²) < 4.78 is 39.4. The molecule has 0 atom stereocenters. The number of piperidine rings is 1. The predicted octanol–water partition coefficient (Wildman–Crippen LogP) is 3.84. The van der Waals surface area contributed by atoms with Crippen molar-refractivity contribution in [2.45, 2.75) is 25.4 Å². The average molecular weight is 434 g/mol. The molecule has 0 radical (unpaired) electrons. The lowest BCUT2D eigenvalue weighted by Gasteiger charge is -2.35. The lowest BCUT2D eigenvalue weighted by molar-refractivity contribution is -0.136. The van der Waals surface area contributed by atoms with Gasteiger partial charge in [0.25, 0.3) is 0 Å². The van der Waals surface area contributed by atoms with Gasteiger partial charge >= 0.3 is 12.2 Å². The number of piperazine rings is 1. The van der Waals surface area contributed by atoms with Crippen molar-refractivity contribution < 1.29 is 18.0 Å². The fraction of sp³-hybridized carbons (Fsp3) is 0.476. The molecule has 2 aliphatic heterocycles. The number of hydrogen-bond acceptors (Lipinski definition) is 5. The van der Waals surface area contributed by atoms with Crippen molar-refractivity contribution >= 4 is 23.4 Å². The standard InChI is InChI=1S/C21H25F3N6O/c22-21(23,24)16-6-2-3-7-17(16)25-20(31)30-14-12-29(13-15-30)19-9-8-18(26-27-19)28-10-4-1-5-11-28/h2-3,6-9H,1,4-5,10-15H2,(H,25,31).